The minimum absolute atomic E-state index is 0.0858. The number of benzene rings is 1. The summed E-state index contributed by atoms with van der Waals surface area (Å²) in [5.74, 6) is -0.674. The van der Waals surface area contributed by atoms with Gasteiger partial charge in [0, 0.05) is 12.3 Å². The molecular weight excluding hydrogens is 264 g/mol. The van der Waals surface area contributed by atoms with Gasteiger partial charge >= 0.3 is 5.97 Å². The number of rotatable bonds is 6. The van der Waals surface area contributed by atoms with Crippen LogP contribution in [0.3, 0.4) is 0 Å². The van der Waals surface area contributed by atoms with Gasteiger partial charge in [0.15, 0.2) is 0 Å². The molecule has 116 valence electrons. The van der Waals surface area contributed by atoms with Crippen LogP contribution in [0.15, 0.2) is 30.3 Å². The van der Waals surface area contributed by atoms with E-state index in [4.69, 9.17) is 4.74 Å². The van der Waals surface area contributed by atoms with Gasteiger partial charge in [-0.3, -0.25) is 9.59 Å². The Morgan fingerprint density at radius 2 is 1.62 bits per heavy atom. The highest BCUT2D eigenvalue weighted by molar-refractivity contribution is 5.86. The molecule has 0 fully saturated rings. The third-order valence-corrected chi connectivity index (χ3v) is 3.25. The molecule has 0 amide bonds. The van der Waals surface area contributed by atoms with Crippen molar-refractivity contribution in [2.75, 3.05) is 0 Å². The first kappa shape index (κ1) is 17.4. The SMILES string of the molecule is C[C@H](CC(=O)[C@@H](C)Cc1ccccc1)C(=O)OC(C)(C)C. The van der Waals surface area contributed by atoms with Crippen LogP contribution in [0.2, 0.25) is 0 Å². The molecule has 0 aliphatic rings. The monoisotopic (exact) mass is 290 g/mol. The molecule has 0 aliphatic heterocycles. The van der Waals surface area contributed by atoms with Crippen molar-refractivity contribution >= 4 is 11.8 Å². The summed E-state index contributed by atoms with van der Waals surface area (Å²) in [7, 11) is 0. The molecule has 0 bridgehead atoms. The number of Topliss-reactive ketones (excluding diaryl/α,β-unsaturated/α-hetero) is 1. The molecule has 0 heterocycles. The van der Waals surface area contributed by atoms with E-state index >= 15 is 0 Å². The molecule has 1 rings (SSSR count). The van der Waals surface area contributed by atoms with Crippen molar-refractivity contribution in [1.29, 1.82) is 0 Å². The van der Waals surface area contributed by atoms with Crippen molar-refractivity contribution < 1.29 is 14.3 Å². The van der Waals surface area contributed by atoms with Crippen molar-refractivity contribution in [2.45, 2.75) is 53.1 Å². The summed E-state index contributed by atoms with van der Waals surface area (Å²) in [4.78, 5) is 24.1. The standard InChI is InChI=1S/C18H26O3/c1-13(11-15-9-7-6-8-10-15)16(19)12-14(2)17(20)21-18(3,4)5/h6-10,13-14H,11-12H2,1-5H3/t13-,14+/m0/s1. The van der Waals surface area contributed by atoms with Crippen LogP contribution in [0, 0.1) is 11.8 Å². The van der Waals surface area contributed by atoms with E-state index in [0.29, 0.717) is 6.42 Å². The quantitative estimate of drug-likeness (QED) is 0.748. The van der Waals surface area contributed by atoms with Gasteiger partial charge in [0.25, 0.3) is 0 Å². The van der Waals surface area contributed by atoms with E-state index in [1.165, 1.54) is 0 Å². The first-order valence-corrected chi connectivity index (χ1v) is 7.48. The second-order valence-corrected chi connectivity index (χ2v) is 6.70. The maximum absolute atomic E-state index is 12.2. The predicted octanol–water partition coefficient (Wildman–Crippen LogP) is 3.80. The summed E-state index contributed by atoms with van der Waals surface area (Å²) in [6.07, 6.45) is 0.948. The molecule has 0 aromatic heterocycles. The fourth-order valence-electron chi connectivity index (χ4n) is 2.07. The van der Waals surface area contributed by atoms with E-state index in [1.54, 1.807) is 6.92 Å². The molecule has 0 spiro atoms. The van der Waals surface area contributed by atoms with Gasteiger partial charge in [0.05, 0.1) is 5.92 Å². The van der Waals surface area contributed by atoms with Gasteiger partial charge in [-0.05, 0) is 32.8 Å². The van der Waals surface area contributed by atoms with Crippen LogP contribution < -0.4 is 0 Å². The Hall–Kier alpha value is -1.64. The Morgan fingerprint density at radius 3 is 2.14 bits per heavy atom. The number of carbonyl (C=O) groups excluding carboxylic acids is 2. The Labute approximate surface area is 127 Å². The van der Waals surface area contributed by atoms with Crippen LogP contribution in [0.5, 0.6) is 0 Å². The molecule has 0 radical (unpaired) electrons. The zero-order chi connectivity index (χ0) is 16.0. The van der Waals surface area contributed by atoms with Crippen molar-refractivity contribution in [2.24, 2.45) is 11.8 Å². The van der Waals surface area contributed by atoms with Crippen molar-refractivity contribution in [1.82, 2.24) is 0 Å². The van der Waals surface area contributed by atoms with E-state index in [0.717, 1.165) is 5.56 Å². The number of ether oxygens (including phenoxy) is 1. The second kappa shape index (κ2) is 7.39. The topological polar surface area (TPSA) is 43.4 Å². The highest BCUT2D eigenvalue weighted by Crippen LogP contribution is 2.17. The van der Waals surface area contributed by atoms with Gasteiger partial charge in [-0.25, -0.2) is 0 Å². The van der Waals surface area contributed by atoms with Crippen LogP contribution in [-0.2, 0) is 20.7 Å². The minimum Gasteiger partial charge on any atom is -0.460 e. The van der Waals surface area contributed by atoms with E-state index in [9.17, 15) is 9.59 Å². The predicted molar refractivity (Wildman–Crippen MR) is 83.9 cm³/mol. The Balaban J connectivity index is 2.50. The van der Waals surface area contributed by atoms with Gasteiger partial charge in [-0.15, -0.1) is 0 Å². The molecule has 0 saturated heterocycles. The molecule has 0 unspecified atom stereocenters. The minimum atomic E-state index is -0.510. The molecule has 0 aliphatic carbocycles. The number of carbonyl (C=O) groups is 2. The Morgan fingerprint density at radius 1 is 1.05 bits per heavy atom. The average molecular weight is 290 g/mol. The first-order chi connectivity index (χ1) is 9.69. The summed E-state index contributed by atoms with van der Waals surface area (Å²) < 4.78 is 5.31. The lowest BCUT2D eigenvalue weighted by molar-refractivity contribution is -0.160. The van der Waals surface area contributed by atoms with Gasteiger partial charge in [0.2, 0.25) is 0 Å². The zero-order valence-corrected chi connectivity index (χ0v) is 13.7. The highest BCUT2D eigenvalue weighted by atomic mass is 16.6. The molecule has 0 saturated carbocycles. The Kier molecular flexibility index (Phi) is 6.13. The number of hydrogen-bond acceptors (Lipinski definition) is 3. The second-order valence-electron chi connectivity index (χ2n) is 6.70. The van der Waals surface area contributed by atoms with Gasteiger partial charge < -0.3 is 4.74 Å². The fraction of sp³-hybridized carbons (Fsp3) is 0.556. The molecule has 3 heteroatoms. The van der Waals surface area contributed by atoms with Crippen LogP contribution in [0.25, 0.3) is 0 Å². The normalized spacial score (nSPS) is 14.3. The van der Waals surface area contributed by atoms with Crippen LogP contribution in [0.4, 0.5) is 0 Å². The molecular formula is C18H26O3. The lowest BCUT2D eigenvalue weighted by atomic mass is 9.91. The van der Waals surface area contributed by atoms with Gasteiger partial charge in [-0.1, -0.05) is 44.2 Å². The summed E-state index contributed by atoms with van der Waals surface area (Å²) in [6, 6.07) is 9.93. The summed E-state index contributed by atoms with van der Waals surface area (Å²) in [6.45, 7) is 9.16. The van der Waals surface area contributed by atoms with Gasteiger partial charge in [0.1, 0.15) is 11.4 Å². The maximum atomic E-state index is 12.2. The Bertz CT molecular complexity index is 471. The smallest absolute Gasteiger partial charge is 0.309 e. The largest absolute Gasteiger partial charge is 0.460 e. The number of ketones is 1. The van der Waals surface area contributed by atoms with Crippen molar-refractivity contribution in [3.05, 3.63) is 35.9 Å². The lowest BCUT2D eigenvalue weighted by Crippen LogP contribution is -2.29. The number of hydrogen-bond donors (Lipinski definition) is 0. The molecule has 2 atom stereocenters. The summed E-state index contributed by atoms with van der Waals surface area (Å²) >= 11 is 0. The molecule has 1 aromatic carbocycles. The van der Waals surface area contributed by atoms with Crippen molar-refractivity contribution in [3.8, 4) is 0 Å². The van der Waals surface area contributed by atoms with Crippen LogP contribution >= 0.6 is 0 Å². The van der Waals surface area contributed by atoms with E-state index in [1.807, 2.05) is 58.0 Å². The molecule has 0 N–H and O–H groups in total. The van der Waals surface area contributed by atoms with E-state index < -0.39 is 11.5 Å². The number of esters is 1. The van der Waals surface area contributed by atoms with Crippen LogP contribution in [0.1, 0.15) is 46.6 Å². The van der Waals surface area contributed by atoms with Crippen LogP contribution in [-0.4, -0.2) is 17.4 Å². The van der Waals surface area contributed by atoms with Gasteiger partial charge in [-0.2, -0.15) is 0 Å². The summed E-state index contributed by atoms with van der Waals surface area (Å²) in [5, 5.41) is 0. The fourth-order valence-corrected chi connectivity index (χ4v) is 2.07. The first-order valence-electron chi connectivity index (χ1n) is 7.48. The molecule has 3 nitrogen and oxygen atoms in total. The third kappa shape index (κ3) is 6.56. The summed E-state index contributed by atoms with van der Waals surface area (Å²) in [5.41, 5.74) is 0.632. The van der Waals surface area contributed by atoms with E-state index in [2.05, 4.69) is 0 Å². The lowest BCUT2D eigenvalue weighted by Gasteiger charge is -2.22. The zero-order valence-electron chi connectivity index (χ0n) is 13.7. The van der Waals surface area contributed by atoms with E-state index in [-0.39, 0.29) is 24.1 Å². The maximum Gasteiger partial charge on any atom is 0.309 e. The molecule has 1 aromatic rings. The van der Waals surface area contributed by atoms with Crippen molar-refractivity contribution in [3.63, 3.8) is 0 Å². The molecule has 21 heavy (non-hydrogen) atoms. The average Bonchev–Trinajstić information content (AvgIpc) is 2.37. The highest BCUT2D eigenvalue weighted by Gasteiger charge is 2.25. The third-order valence-electron chi connectivity index (χ3n) is 3.25.